The van der Waals surface area contributed by atoms with Gasteiger partial charge in [-0.25, -0.2) is 15.0 Å². The molecule has 0 N–H and O–H groups in total. The third kappa shape index (κ3) is 2.31. The average Bonchev–Trinajstić information content (AvgIpc) is 2.96. The number of nitrogens with zero attached hydrogens (tertiary/aromatic N) is 4. The molecule has 0 aliphatic heterocycles. The minimum atomic E-state index is -0.162. The summed E-state index contributed by atoms with van der Waals surface area (Å²) in [6, 6.07) is 1.97. The molecule has 1 atom stereocenters. The van der Waals surface area contributed by atoms with E-state index in [2.05, 4.69) is 26.4 Å². The summed E-state index contributed by atoms with van der Waals surface area (Å²) in [5.41, 5.74) is 2.91. The van der Waals surface area contributed by atoms with Crippen molar-refractivity contribution in [2.24, 2.45) is 0 Å². The number of hydrogen-bond donors (Lipinski definition) is 0. The molecule has 6 heteroatoms. The number of alkyl halides is 1. The Bertz CT molecular complexity index is 760. The van der Waals surface area contributed by atoms with Gasteiger partial charge in [0.1, 0.15) is 16.3 Å². The number of halogens is 1. The van der Waals surface area contributed by atoms with Gasteiger partial charge >= 0.3 is 0 Å². The molecule has 0 aliphatic rings. The fraction of sp³-hybridized carbons (Fsp3) is 0.357. The number of imidazole rings is 1. The lowest BCUT2D eigenvalue weighted by molar-refractivity contribution is 0.732. The average molecular weight is 307 g/mol. The van der Waals surface area contributed by atoms with Crippen molar-refractivity contribution in [1.29, 1.82) is 0 Å². The zero-order valence-electron chi connectivity index (χ0n) is 11.6. The van der Waals surface area contributed by atoms with E-state index < -0.39 is 0 Å². The summed E-state index contributed by atoms with van der Waals surface area (Å²) in [5.74, 6) is 0.844. The van der Waals surface area contributed by atoms with Crippen LogP contribution in [0.15, 0.2) is 18.5 Å². The van der Waals surface area contributed by atoms with Crippen LogP contribution >= 0.6 is 22.9 Å². The second-order valence-corrected chi connectivity index (χ2v) is 6.81. The van der Waals surface area contributed by atoms with Gasteiger partial charge < -0.3 is 4.57 Å². The Morgan fingerprint density at radius 2 is 2.15 bits per heavy atom. The van der Waals surface area contributed by atoms with Crippen molar-refractivity contribution in [2.75, 3.05) is 0 Å². The van der Waals surface area contributed by atoms with Gasteiger partial charge in [-0.2, -0.15) is 0 Å². The quantitative estimate of drug-likeness (QED) is 0.690. The van der Waals surface area contributed by atoms with Crippen LogP contribution in [0.5, 0.6) is 0 Å². The van der Waals surface area contributed by atoms with Crippen LogP contribution in [-0.4, -0.2) is 19.5 Å². The van der Waals surface area contributed by atoms with Crippen molar-refractivity contribution in [3.63, 3.8) is 0 Å². The lowest BCUT2D eigenvalue weighted by Gasteiger charge is -2.07. The van der Waals surface area contributed by atoms with Gasteiger partial charge in [0, 0.05) is 17.3 Å². The molecular weight excluding hydrogens is 292 g/mol. The van der Waals surface area contributed by atoms with E-state index in [-0.39, 0.29) is 5.38 Å². The lowest BCUT2D eigenvalue weighted by Crippen LogP contribution is -2.06. The molecule has 0 saturated carbocycles. The van der Waals surface area contributed by atoms with Crippen LogP contribution in [0.25, 0.3) is 11.2 Å². The van der Waals surface area contributed by atoms with Crippen molar-refractivity contribution in [3.8, 4) is 0 Å². The van der Waals surface area contributed by atoms with Crippen LogP contribution in [0, 0.1) is 13.8 Å². The molecule has 20 heavy (non-hydrogen) atoms. The van der Waals surface area contributed by atoms with Gasteiger partial charge in [0.15, 0.2) is 5.65 Å². The molecule has 0 amide bonds. The highest BCUT2D eigenvalue weighted by Crippen LogP contribution is 2.26. The number of aryl methyl sites for hydroxylation is 2. The summed E-state index contributed by atoms with van der Waals surface area (Å²) < 4.78 is 2.07. The monoisotopic (exact) mass is 306 g/mol. The van der Waals surface area contributed by atoms with Crippen LogP contribution in [0.2, 0.25) is 0 Å². The van der Waals surface area contributed by atoms with E-state index in [9.17, 15) is 0 Å². The van der Waals surface area contributed by atoms with Crippen molar-refractivity contribution < 1.29 is 0 Å². The third-order valence-corrected chi connectivity index (χ3v) is 4.28. The number of thiazole rings is 1. The smallest absolute Gasteiger partial charge is 0.160 e. The highest BCUT2D eigenvalue weighted by atomic mass is 35.5. The van der Waals surface area contributed by atoms with Crippen molar-refractivity contribution >= 4 is 34.1 Å². The Kier molecular flexibility index (Phi) is 3.48. The van der Waals surface area contributed by atoms with Gasteiger partial charge in [-0.15, -0.1) is 22.9 Å². The number of rotatable bonds is 3. The maximum Gasteiger partial charge on any atom is 0.160 e. The lowest BCUT2D eigenvalue weighted by atomic mass is 10.3. The van der Waals surface area contributed by atoms with Crippen LogP contribution in [0.4, 0.5) is 0 Å². The highest BCUT2D eigenvalue weighted by molar-refractivity contribution is 7.11. The molecule has 0 radical (unpaired) electrons. The molecule has 0 spiro atoms. The minimum Gasteiger partial charge on any atom is -0.304 e. The van der Waals surface area contributed by atoms with Crippen molar-refractivity contribution in [3.05, 3.63) is 39.7 Å². The van der Waals surface area contributed by atoms with Gasteiger partial charge in [0.25, 0.3) is 0 Å². The van der Waals surface area contributed by atoms with E-state index in [1.165, 1.54) is 4.88 Å². The molecule has 4 nitrogen and oxygen atoms in total. The highest BCUT2D eigenvalue weighted by Gasteiger charge is 2.18. The van der Waals surface area contributed by atoms with Gasteiger partial charge in [0.05, 0.1) is 11.9 Å². The minimum absolute atomic E-state index is 0.162. The molecule has 3 aromatic rings. The topological polar surface area (TPSA) is 43.6 Å². The SMILES string of the molecule is Cc1cnc(Cn2c(C(C)Cl)nc3c(C)ccnc32)s1. The number of pyridine rings is 1. The van der Waals surface area contributed by atoms with Crippen LogP contribution in [-0.2, 0) is 6.54 Å². The summed E-state index contributed by atoms with van der Waals surface area (Å²) in [6.45, 7) is 6.69. The standard InChI is InChI=1S/C14H15ClN4S/c1-8-4-5-16-14-12(8)18-13(10(3)15)19(14)7-11-17-6-9(2)20-11/h4-6,10H,7H2,1-3H3. The van der Waals surface area contributed by atoms with E-state index in [1.807, 2.05) is 32.3 Å². The van der Waals surface area contributed by atoms with Crippen LogP contribution in [0.3, 0.4) is 0 Å². The maximum absolute atomic E-state index is 6.28. The Labute approximate surface area is 126 Å². The number of fused-ring (bicyclic) bond motifs is 1. The van der Waals surface area contributed by atoms with Gasteiger partial charge in [-0.05, 0) is 32.4 Å². The largest absolute Gasteiger partial charge is 0.304 e. The molecule has 3 aromatic heterocycles. The summed E-state index contributed by atoms with van der Waals surface area (Å²) >= 11 is 7.96. The fourth-order valence-corrected chi connectivity index (χ4v) is 3.17. The predicted octanol–water partition coefficient (Wildman–Crippen LogP) is 3.85. The predicted molar refractivity (Wildman–Crippen MR) is 82.5 cm³/mol. The molecule has 3 heterocycles. The summed E-state index contributed by atoms with van der Waals surface area (Å²) in [7, 11) is 0. The summed E-state index contributed by atoms with van der Waals surface area (Å²) in [4.78, 5) is 14.7. The molecule has 3 rings (SSSR count). The zero-order valence-corrected chi connectivity index (χ0v) is 13.2. The zero-order chi connectivity index (χ0) is 14.3. The van der Waals surface area contributed by atoms with Gasteiger partial charge in [-0.1, -0.05) is 0 Å². The second kappa shape index (κ2) is 5.14. The Morgan fingerprint density at radius 3 is 2.80 bits per heavy atom. The molecule has 0 bridgehead atoms. The molecule has 0 saturated heterocycles. The first-order chi connectivity index (χ1) is 9.56. The maximum atomic E-state index is 6.28. The third-order valence-electron chi connectivity index (χ3n) is 3.18. The van der Waals surface area contributed by atoms with E-state index >= 15 is 0 Å². The number of hydrogen-bond acceptors (Lipinski definition) is 4. The Morgan fingerprint density at radius 1 is 1.35 bits per heavy atom. The molecule has 1 unspecified atom stereocenters. The second-order valence-electron chi connectivity index (χ2n) is 4.84. The normalized spacial score (nSPS) is 13.0. The molecule has 0 aliphatic carbocycles. The van der Waals surface area contributed by atoms with E-state index in [0.29, 0.717) is 6.54 Å². The summed E-state index contributed by atoms with van der Waals surface area (Å²) in [6.07, 6.45) is 3.70. The number of aromatic nitrogens is 4. The molecule has 0 aromatic carbocycles. The first-order valence-corrected chi connectivity index (χ1v) is 7.68. The van der Waals surface area contributed by atoms with Crippen molar-refractivity contribution in [2.45, 2.75) is 32.7 Å². The van der Waals surface area contributed by atoms with Crippen LogP contribution < -0.4 is 0 Å². The molecular formula is C14H15ClN4S. The Balaban J connectivity index is 2.16. The molecule has 0 fully saturated rings. The van der Waals surface area contributed by atoms with E-state index in [0.717, 1.165) is 27.6 Å². The Hall–Kier alpha value is -1.46. The van der Waals surface area contributed by atoms with E-state index in [4.69, 9.17) is 11.6 Å². The first-order valence-electron chi connectivity index (χ1n) is 6.43. The van der Waals surface area contributed by atoms with Gasteiger partial charge in [0.2, 0.25) is 0 Å². The molecule has 104 valence electrons. The van der Waals surface area contributed by atoms with Gasteiger partial charge in [-0.3, -0.25) is 0 Å². The fourth-order valence-electron chi connectivity index (χ4n) is 2.22. The first kappa shape index (κ1) is 13.5. The van der Waals surface area contributed by atoms with Crippen LogP contribution in [0.1, 0.15) is 33.6 Å². The van der Waals surface area contributed by atoms with Crippen molar-refractivity contribution in [1.82, 2.24) is 19.5 Å². The summed E-state index contributed by atoms with van der Waals surface area (Å²) in [5, 5.41) is 0.883. The van der Waals surface area contributed by atoms with E-state index in [1.54, 1.807) is 11.3 Å².